The lowest BCUT2D eigenvalue weighted by molar-refractivity contribution is 0.242. The zero-order chi connectivity index (χ0) is 10.7. The molecule has 1 nitrogen and oxygen atoms in total. The molecule has 0 radical (unpaired) electrons. The summed E-state index contributed by atoms with van der Waals surface area (Å²) in [6.45, 7) is 4.12. The fraction of sp³-hybridized carbons (Fsp3) is 0.571. The molecule has 0 aliphatic heterocycles. The van der Waals surface area contributed by atoms with E-state index in [0.29, 0.717) is 0 Å². The van der Waals surface area contributed by atoms with Crippen molar-refractivity contribution in [3.05, 3.63) is 29.8 Å². The predicted octanol–water partition coefficient (Wildman–Crippen LogP) is 4.13. The Hall–Kier alpha value is -0.980. The summed E-state index contributed by atoms with van der Waals surface area (Å²) in [6, 6.07) is 8.67. The van der Waals surface area contributed by atoms with E-state index in [0.717, 1.165) is 11.7 Å². The summed E-state index contributed by atoms with van der Waals surface area (Å²) in [6.07, 6.45) is 5.79. The maximum atomic E-state index is 5.63. The van der Waals surface area contributed by atoms with Crippen LogP contribution in [-0.4, -0.2) is 6.10 Å². The van der Waals surface area contributed by atoms with Crippen molar-refractivity contribution >= 4 is 0 Å². The van der Waals surface area contributed by atoms with Gasteiger partial charge >= 0.3 is 0 Å². The number of ether oxygens (including phenoxy) is 1. The molecule has 1 aromatic rings. The molecule has 0 spiro atoms. The van der Waals surface area contributed by atoms with Crippen LogP contribution in [0, 0.1) is 0 Å². The SMILES string of the molecule is CC(C)Oc1ccc(C2CCCC2)cc1. The highest BCUT2D eigenvalue weighted by Crippen LogP contribution is 2.34. The molecule has 1 aliphatic carbocycles. The van der Waals surface area contributed by atoms with Gasteiger partial charge in [0.25, 0.3) is 0 Å². The number of benzene rings is 1. The van der Waals surface area contributed by atoms with Crippen molar-refractivity contribution in [2.24, 2.45) is 0 Å². The highest BCUT2D eigenvalue weighted by atomic mass is 16.5. The average molecular weight is 204 g/mol. The van der Waals surface area contributed by atoms with Gasteiger partial charge in [-0.3, -0.25) is 0 Å². The largest absolute Gasteiger partial charge is 0.491 e. The van der Waals surface area contributed by atoms with Gasteiger partial charge < -0.3 is 4.74 Å². The number of hydrogen-bond acceptors (Lipinski definition) is 1. The quantitative estimate of drug-likeness (QED) is 0.719. The van der Waals surface area contributed by atoms with Gasteiger partial charge in [0, 0.05) is 0 Å². The maximum absolute atomic E-state index is 5.63. The molecule has 0 N–H and O–H groups in total. The van der Waals surface area contributed by atoms with Crippen LogP contribution in [0.25, 0.3) is 0 Å². The first-order chi connectivity index (χ1) is 7.25. The Morgan fingerprint density at radius 2 is 1.67 bits per heavy atom. The molecule has 0 atom stereocenters. The summed E-state index contributed by atoms with van der Waals surface area (Å²) in [5.74, 6) is 1.80. The van der Waals surface area contributed by atoms with E-state index in [1.54, 1.807) is 0 Å². The molecule has 82 valence electrons. The van der Waals surface area contributed by atoms with E-state index in [4.69, 9.17) is 4.74 Å². The second kappa shape index (κ2) is 4.69. The summed E-state index contributed by atoms with van der Waals surface area (Å²) in [5.41, 5.74) is 1.49. The van der Waals surface area contributed by atoms with Gasteiger partial charge in [-0.15, -0.1) is 0 Å². The molecule has 0 heterocycles. The van der Waals surface area contributed by atoms with Gasteiger partial charge in [-0.1, -0.05) is 25.0 Å². The second-order valence-electron chi connectivity index (χ2n) is 4.72. The van der Waals surface area contributed by atoms with Crippen molar-refractivity contribution in [1.29, 1.82) is 0 Å². The fourth-order valence-electron chi connectivity index (χ4n) is 2.35. The third-order valence-corrected chi connectivity index (χ3v) is 3.08. The van der Waals surface area contributed by atoms with Gasteiger partial charge in [-0.2, -0.15) is 0 Å². The minimum atomic E-state index is 0.266. The highest BCUT2D eigenvalue weighted by Gasteiger charge is 2.16. The summed E-state index contributed by atoms with van der Waals surface area (Å²) in [7, 11) is 0. The van der Waals surface area contributed by atoms with Gasteiger partial charge in [0.05, 0.1) is 6.10 Å². The Balaban J connectivity index is 2.03. The molecule has 15 heavy (non-hydrogen) atoms. The number of rotatable bonds is 3. The van der Waals surface area contributed by atoms with Crippen LogP contribution in [-0.2, 0) is 0 Å². The van der Waals surface area contributed by atoms with Crippen LogP contribution in [0.1, 0.15) is 51.0 Å². The van der Waals surface area contributed by atoms with E-state index in [1.807, 2.05) is 0 Å². The Labute approximate surface area is 92.5 Å². The molecule has 0 aromatic heterocycles. The Kier molecular flexibility index (Phi) is 3.30. The average Bonchev–Trinajstić information content (AvgIpc) is 2.71. The van der Waals surface area contributed by atoms with Crippen molar-refractivity contribution in [1.82, 2.24) is 0 Å². The van der Waals surface area contributed by atoms with Gasteiger partial charge in [0.1, 0.15) is 5.75 Å². The van der Waals surface area contributed by atoms with Crippen molar-refractivity contribution in [3.63, 3.8) is 0 Å². The van der Waals surface area contributed by atoms with E-state index in [1.165, 1.54) is 31.2 Å². The first-order valence-electron chi connectivity index (χ1n) is 6.02. The molecular weight excluding hydrogens is 184 g/mol. The molecule has 0 unspecified atom stereocenters. The third-order valence-electron chi connectivity index (χ3n) is 3.08. The molecule has 1 fully saturated rings. The Morgan fingerprint density at radius 3 is 2.20 bits per heavy atom. The normalized spacial score (nSPS) is 17.3. The minimum Gasteiger partial charge on any atom is -0.491 e. The molecule has 1 saturated carbocycles. The van der Waals surface area contributed by atoms with Gasteiger partial charge in [-0.25, -0.2) is 0 Å². The molecular formula is C14H20O. The minimum absolute atomic E-state index is 0.266. The zero-order valence-electron chi connectivity index (χ0n) is 9.70. The van der Waals surface area contributed by atoms with Crippen LogP contribution in [0.15, 0.2) is 24.3 Å². The summed E-state index contributed by atoms with van der Waals surface area (Å²) in [4.78, 5) is 0. The topological polar surface area (TPSA) is 9.23 Å². The lowest BCUT2D eigenvalue weighted by atomic mass is 9.98. The van der Waals surface area contributed by atoms with Crippen molar-refractivity contribution in [3.8, 4) is 5.75 Å². The third kappa shape index (κ3) is 2.74. The standard InChI is InChI=1S/C14H20O/c1-11(2)15-14-9-7-13(8-10-14)12-5-3-4-6-12/h7-12H,3-6H2,1-2H3. The first kappa shape index (κ1) is 10.5. The molecule has 0 bridgehead atoms. The maximum Gasteiger partial charge on any atom is 0.119 e. The molecule has 1 heteroatoms. The number of hydrogen-bond donors (Lipinski definition) is 0. The fourth-order valence-corrected chi connectivity index (χ4v) is 2.35. The summed E-state index contributed by atoms with van der Waals surface area (Å²) >= 11 is 0. The van der Waals surface area contributed by atoms with E-state index < -0.39 is 0 Å². The molecule has 0 amide bonds. The predicted molar refractivity (Wildman–Crippen MR) is 63.4 cm³/mol. The van der Waals surface area contributed by atoms with Crippen molar-refractivity contribution < 1.29 is 4.74 Å². The molecule has 2 rings (SSSR count). The van der Waals surface area contributed by atoms with Crippen LogP contribution in [0.2, 0.25) is 0 Å². The monoisotopic (exact) mass is 204 g/mol. The van der Waals surface area contributed by atoms with Crippen LogP contribution in [0.3, 0.4) is 0 Å². The molecule has 1 aliphatic rings. The van der Waals surface area contributed by atoms with E-state index in [-0.39, 0.29) is 6.10 Å². The lowest BCUT2D eigenvalue weighted by Crippen LogP contribution is -2.05. The summed E-state index contributed by atoms with van der Waals surface area (Å²) in [5, 5.41) is 0. The van der Waals surface area contributed by atoms with Gasteiger partial charge in [0.15, 0.2) is 0 Å². The molecule has 1 aromatic carbocycles. The van der Waals surface area contributed by atoms with Gasteiger partial charge in [0.2, 0.25) is 0 Å². The first-order valence-corrected chi connectivity index (χ1v) is 6.02. The molecule has 0 saturated heterocycles. The van der Waals surface area contributed by atoms with Crippen molar-refractivity contribution in [2.45, 2.75) is 51.6 Å². The Morgan fingerprint density at radius 1 is 1.07 bits per heavy atom. The lowest BCUT2D eigenvalue weighted by Gasteiger charge is -2.12. The highest BCUT2D eigenvalue weighted by molar-refractivity contribution is 5.29. The smallest absolute Gasteiger partial charge is 0.119 e. The van der Waals surface area contributed by atoms with Crippen LogP contribution < -0.4 is 4.74 Å². The van der Waals surface area contributed by atoms with E-state index in [2.05, 4.69) is 38.1 Å². The second-order valence-corrected chi connectivity index (χ2v) is 4.72. The summed E-state index contributed by atoms with van der Waals surface area (Å²) < 4.78 is 5.63. The van der Waals surface area contributed by atoms with E-state index in [9.17, 15) is 0 Å². The van der Waals surface area contributed by atoms with Crippen molar-refractivity contribution in [2.75, 3.05) is 0 Å². The Bertz CT molecular complexity index is 294. The zero-order valence-corrected chi connectivity index (χ0v) is 9.70. The van der Waals surface area contributed by atoms with Gasteiger partial charge in [-0.05, 0) is 50.3 Å². The van der Waals surface area contributed by atoms with Crippen LogP contribution >= 0.6 is 0 Å². The van der Waals surface area contributed by atoms with E-state index >= 15 is 0 Å². The van der Waals surface area contributed by atoms with Crippen LogP contribution in [0.5, 0.6) is 5.75 Å². The van der Waals surface area contributed by atoms with Crippen LogP contribution in [0.4, 0.5) is 0 Å².